The summed E-state index contributed by atoms with van der Waals surface area (Å²) in [5, 5.41) is 3.01. The number of amides is 3. The van der Waals surface area contributed by atoms with Crippen LogP contribution in [0.5, 0.6) is 0 Å². The molecule has 2 aliphatic heterocycles. The first-order chi connectivity index (χ1) is 13.0. The number of anilines is 1. The molecule has 0 aliphatic carbocycles. The third-order valence-electron chi connectivity index (χ3n) is 5.46. The molecule has 0 bridgehead atoms. The van der Waals surface area contributed by atoms with Gasteiger partial charge in [0.15, 0.2) is 0 Å². The number of carbonyl (C=O) groups is 3. The zero-order chi connectivity index (χ0) is 19.4. The molecule has 1 N–H and O–H groups in total. The Morgan fingerprint density at radius 1 is 1.11 bits per heavy atom. The number of rotatable bonds is 5. The second-order valence-corrected chi connectivity index (χ2v) is 7.79. The zero-order valence-electron chi connectivity index (χ0n) is 16.2. The van der Waals surface area contributed by atoms with Crippen molar-refractivity contribution in [3.05, 3.63) is 29.8 Å². The Balaban J connectivity index is 1.45. The van der Waals surface area contributed by atoms with Crippen molar-refractivity contribution in [3.63, 3.8) is 0 Å². The molecule has 0 unspecified atom stereocenters. The van der Waals surface area contributed by atoms with Crippen LogP contribution in [0.15, 0.2) is 24.3 Å². The summed E-state index contributed by atoms with van der Waals surface area (Å²) in [6.07, 6.45) is 2.98. The van der Waals surface area contributed by atoms with E-state index in [-0.39, 0.29) is 29.6 Å². The Kier molecular flexibility index (Phi) is 6.14. The van der Waals surface area contributed by atoms with Crippen LogP contribution in [-0.4, -0.2) is 42.3 Å². The van der Waals surface area contributed by atoms with Gasteiger partial charge in [-0.05, 0) is 37.0 Å². The fourth-order valence-corrected chi connectivity index (χ4v) is 3.78. The molecule has 6 nitrogen and oxygen atoms in total. The molecule has 2 saturated heterocycles. The molecule has 2 heterocycles. The van der Waals surface area contributed by atoms with Gasteiger partial charge in [0.05, 0.1) is 0 Å². The number of carbonyl (C=O) groups excluding carboxylic acids is 3. The maximum absolute atomic E-state index is 12.4. The van der Waals surface area contributed by atoms with E-state index in [4.69, 9.17) is 0 Å². The standard InChI is InChI=1S/C21H29N3O3/c1-15(2)21(27)23-12-9-17(10-13-23)20(26)22-14-16-5-7-18(8-6-16)24-11-3-4-19(24)25/h5-8,15,17H,3-4,9-14H2,1-2H3,(H,22,26). The molecule has 0 aromatic heterocycles. The highest BCUT2D eigenvalue weighted by Crippen LogP contribution is 2.22. The van der Waals surface area contributed by atoms with Crippen LogP contribution >= 0.6 is 0 Å². The van der Waals surface area contributed by atoms with Crippen molar-refractivity contribution >= 4 is 23.4 Å². The van der Waals surface area contributed by atoms with Gasteiger partial charge in [0.2, 0.25) is 17.7 Å². The van der Waals surface area contributed by atoms with Crippen molar-refractivity contribution in [2.24, 2.45) is 11.8 Å². The molecule has 6 heteroatoms. The maximum Gasteiger partial charge on any atom is 0.227 e. The molecule has 1 aromatic carbocycles. The highest BCUT2D eigenvalue weighted by molar-refractivity contribution is 5.95. The van der Waals surface area contributed by atoms with Crippen molar-refractivity contribution in [1.29, 1.82) is 0 Å². The summed E-state index contributed by atoms with van der Waals surface area (Å²) in [4.78, 5) is 39.9. The third kappa shape index (κ3) is 4.67. The average Bonchev–Trinajstić information content (AvgIpc) is 3.12. The summed E-state index contributed by atoms with van der Waals surface area (Å²) < 4.78 is 0. The Bertz CT molecular complexity index is 691. The van der Waals surface area contributed by atoms with Gasteiger partial charge in [0.1, 0.15) is 0 Å². The number of nitrogens with zero attached hydrogens (tertiary/aromatic N) is 2. The lowest BCUT2D eigenvalue weighted by Crippen LogP contribution is -2.44. The monoisotopic (exact) mass is 371 g/mol. The van der Waals surface area contributed by atoms with Gasteiger partial charge in [-0.15, -0.1) is 0 Å². The summed E-state index contributed by atoms with van der Waals surface area (Å²) in [6, 6.07) is 7.82. The first kappa shape index (κ1) is 19.4. The summed E-state index contributed by atoms with van der Waals surface area (Å²) in [5.74, 6) is 0.395. The molecule has 3 amide bonds. The minimum Gasteiger partial charge on any atom is -0.352 e. The fraction of sp³-hybridized carbons (Fsp3) is 0.571. The zero-order valence-corrected chi connectivity index (χ0v) is 16.2. The van der Waals surface area contributed by atoms with Gasteiger partial charge in [-0.1, -0.05) is 26.0 Å². The summed E-state index contributed by atoms with van der Waals surface area (Å²) >= 11 is 0. The lowest BCUT2D eigenvalue weighted by molar-refractivity contribution is -0.138. The Morgan fingerprint density at radius 2 is 1.78 bits per heavy atom. The highest BCUT2D eigenvalue weighted by atomic mass is 16.2. The third-order valence-corrected chi connectivity index (χ3v) is 5.46. The minimum atomic E-state index is -0.0253. The molecule has 1 aromatic rings. The Hall–Kier alpha value is -2.37. The molecular formula is C21H29N3O3. The Labute approximate surface area is 160 Å². The summed E-state index contributed by atoms with van der Waals surface area (Å²) in [6.45, 7) is 6.41. The van der Waals surface area contributed by atoms with Gasteiger partial charge in [0, 0.05) is 50.1 Å². The largest absolute Gasteiger partial charge is 0.352 e. The lowest BCUT2D eigenvalue weighted by atomic mass is 9.95. The predicted molar refractivity (Wildman–Crippen MR) is 104 cm³/mol. The van der Waals surface area contributed by atoms with Crippen LogP contribution < -0.4 is 10.2 Å². The minimum absolute atomic E-state index is 0.00852. The van der Waals surface area contributed by atoms with Crippen molar-refractivity contribution in [3.8, 4) is 0 Å². The molecule has 0 atom stereocenters. The molecule has 27 heavy (non-hydrogen) atoms. The van der Waals surface area contributed by atoms with E-state index >= 15 is 0 Å². The molecule has 0 saturated carbocycles. The van der Waals surface area contributed by atoms with Gasteiger partial charge in [-0.3, -0.25) is 14.4 Å². The summed E-state index contributed by atoms with van der Waals surface area (Å²) in [7, 11) is 0. The van der Waals surface area contributed by atoms with Crippen LogP contribution in [0.1, 0.15) is 45.1 Å². The normalized spacial score (nSPS) is 18.3. The number of hydrogen-bond donors (Lipinski definition) is 1. The van der Waals surface area contributed by atoms with Crippen LogP contribution in [-0.2, 0) is 20.9 Å². The maximum atomic E-state index is 12.4. The number of nitrogens with one attached hydrogen (secondary N) is 1. The van der Waals surface area contributed by atoms with Crippen molar-refractivity contribution in [2.45, 2.75) is 46.1 Å². The first-order valence-corrected chi connectivity index (χ1v) is 9.91. The van der Waals surface area contributed by atoms with Crippen LogP contribution in [0, 0.1) is 11.8 Å². The average molecular weight is 371 g/mol. The fourth-order valence-electron chi connectivity index (χ4n) is 3.78. The first-order valence-electron chi connectivity index (χ1n) is 9.91. The summed E-state index contributed by atoms with van der Waals surface area (Å²) in [5.41, 5.74) is 1.95. The number of piperidine rings is 1. The van der Waals surface area contributed by atoms with E-state index < -0.39 is 0 Å². The molecule has 2 aliphatic rings. The van der Waals surface area contributed by atoms with E-state index in [1.54, 1.807) is 0 Å². The van der Waals surface area contributed by atoms with Crippen molar-refractivity contribution in [1.82, 2.24) is 10.2 Å². The SMILES string of the molecule is CC(C)C(=O)N1CCC(C(=O)NCc2ccc(N3CCCC3=O)cc2)CC1. The molecule has 0 spiro atoms. The van der Waals surface area contributed by atoms with Crippen LogP contribution in [0.4, 0.5) is 5.69 Å². The van der Waals surface area contributed by atoms with Crippen molar-refractivity contribution < 1.29 is 14.4 Å². The van der Waals surface area contributed by atoms with E-state index in [1.165, 1.54) is 0 Å². The van der Waals surface area contributed by atoms with E-state index in [1.807, 2.05) is 47.9 Å². The smallest absolute Gasteiger partial charge is 0.227 e. The number of hydrogen-bond acceptors (Lipinski definition) is 3. The van der Waals surface area contributed by atoms with E-state index in [2.05, 4.69) is 5.32 Å². The molecule has 146 valence electrons. The molecule has 0 radical (unpaired) electrons. The molecule has 3 rings (SSSR count). The number of likely N-dealkylation sites (tertiary alicyclic amines) is 1. The van der Waals surface area contributed by atoms with Gasteiger partial charge in [-0.25, -0.2) is 0 Å². The van der Waals surface area contributed by atoms with E-state index in [0.29, 0.717) is 26.1 Å². The van der Waals surface area contributed by atoms with E-state index in [9.17, 15) is 14.4 Å². The van der Waals surface area contributed by atoms with Crippen LogP contribution in [0.25, 0.3) is 0 Å². The topological polar surface area (TPSA) is 69.7 Å². The Morgan fingerprint density at radius 3 is 2.33 bits per heavy atom. The van der Waals surface area contributed by atoms with Crippen molar-refractivity contribution in [2.75, 3.05) is 24.5 Å². The number of benzene rings is 1. The highest BCUT2D eigenvalue weighted by Gasteiger charge is 2.28. The second kappa shape index (κ2) is 8.55. The van der Waals surface area contributed by atoms with E-state index in [0.717, 1.165) is 37.1 Å². The predicted octanol–water partition coefficient (Wildman–Crippen LogP) is 2.32. The van der Waals surface area contributed by atoms with Gasteiger partial charge < -0.3 is 15.1 Å². The quantitative estimate of drug-likeness (QED) is 0.864. The lowest BCUT2D eigenvalue weighted by Gasteiger charge is -2.32. The van der Waals surface area contributed by atoms with Crippen LogP contribution in [0.2, 0.25) is 0 Å². The molecule has 2 fully saturated rings. The van der Waals surface area contributed by atoms with Gasteiger partial charge >= 0.3 is 0 Å². The second-order valence-electron chi connectivity index (χ2n) is 7.79. The van der Waals surface area contributed by atoms with Gasteiger partial charge in [0.25, 0.3) is 0 Å². The molecular weight excluding hydrogens is 342 g/mol. The van der Waals surface area contributed by atoms with Gasteiger partial charge in [-0.2, -0.15) is 0 Å². The van der Waals surface area contributed by atoms with Crippen LogP contribution in [0.3, 0.4) is 0 Å².